The third kappa shape index (κ3) is 3.18. The first-order valence-electron chi connectivity index (χ1n) is 6.54. The van der Waals surface area contributed by atoms with E-state index < -0.39 is 5.97 Å². The highest BCUT2D eigenvalue weighted by molar-refractivity contribution is 5.95. The second-order valence-corrected chi connectivity index (χ2v) is 4.55. The molecule has 0 N–H and O–H groups in total. The van der Waals surface area contributed by atoms with Crippen LogP contribution in [-0.4, -0.2) is 20.2 Å². The summed E-state index contributed by atoms with van der Waals surface area (Å²) in [7, 11) is 3.02. The number of rotatable bonds is 4. The number of hydrogen-bond donors (Lipinski definition) is 0. The maximum Gasteiger partial charge on any atom is 0.347 e. The van der Waals surface area contributed by atoms with Crippen LogP contribution in [-0.2, 0) is 0 Å². The molecule has 0 spiro atoms. The fraction of sp³-hybridized carbons (Fsp3) is 0.176. The maximum absolute atomic E-state index is 12.4. The second kappa shape index (κ2) is 6.64. The molecule has 0 aromatic heterocycles. The molecule has 0 radical (unpaired) electrons. The quantitative estimate of drug-likeness (QED) is 0.640. The van der Waals surface area contributed by atoms with E-state index >= 15 is 0 Å². The first kappa shape index (κ1) is 15.4. The van der Waals surface area contributed by atoms with Crippen molar-refractivity contribution in [2.24, 2.45) is 0 Å². The van der Waals surface area contributed by atoms with Gasteiger partial charge in [-0.15, -0.1) is 0 Å². The highest BCUT2D eigenvalue weighted by atomic mass is 16.5. The number of esters is 1. The average Bonchev–Trinajstić information content (AvgIpc) is 2.54. The molecule has 0 aliphatic carbocycles. The summed E-state index contributed by atoms with van der Waals surface area (Å²) in [6, 6.07) is 11.7. The zero-order valence-electron chi connectivity index (χ0n) is 12.5. The predicted octanol–water partition coefficient (Wildman–Crippen LogP) is 3.10. The normalized spacial score (nSPS) is 9.73. The van der Waals surface area contributed by atoms with Gasteiger partial charge in [0.05, 0.1) is 25.9 Å². The number of benzene rings is 2. The van der Waals surface area contributed by atoms with E-state index in [1.54, 1.807) is 50.4 Å². The third-order valence-corrected chi connectivity index (χ3v) is 3.13. The summed E-state index contributed by atoms with van der Waals surface area (Å²) in [5.74, 6) is 0.822. The van der Waals surface area contributed by atoms with E-state index in [-0.39, 0.29) is 0 Å². The molecule has 2 aromatic rings. The van der Waals surface area contributed by atoms with Crippen LogP contribution in [0.1, 0.15) is 21.5 Å². The van der Waals surface area contributed by atoms with Crippen LogP contribution < -0.4 is 14.2 Å². The fourth-order valence-corrected chi connectivity index (χ4v) is 2.02. The van der Waals surface area contributed by atoms with Crippen LogP contribution in [0.3, 0.4) is 0 Å². The Morgan fingerprint density at radius 3 is 2.27 bits per heavy atom. The van der Waals surface area contributed by atoms with Crippen molar-refractivity contribution in [1.82, 2.24) is 0 Å². The van der Waals surface area contributed by atoms with Gasteiger partial charge in [0, 0.05) is 6.07 Å². The molecule has 2 aromatic carbocycles. The zero-order valence-corrected chi connectivity index (χ0v) is 12.5. The Kier molecular flexibility index (Phi) is 4.64. The fourth-order valence-electron chi connectivity index (χ4n) is 2.02. The van der Waals surface area contributed by atoms with Crippen LogP contribution >= 0.6 is 0 Å². The molecule has 0 atom stereocenters. The molecule has 22 heavy (non-hydrogen) atoms. The molecule has 5 nitrogen and oxygen atoms in total. The SMILES string of the molecule is COc1cc(C)c(C(=O)Oc2ccc(C#N)cc2)c(OC)c1. The lowest BCUT2D eigenvalue weighted by Crippen LogP contribution is -2.12. The van der Waals surface area contributed by atoms with Crippen molar-refractivity contribution in [3.8, 4) is 23.3 Å². The third-order valence-electron chi connectivity index (χ3n) is 3.13. The van der Waals surface area contributed by atoms with Crippen LogP contribution in [0.25, 0.3) is 0 Å². The molecule has 0 aliphatic heterocycles. The molecule has 0 fully saturated rings. The summed E-state index contributed by atoms with van der Waals surface area (Å²) in [6.07, 6.45) is 0. The number of hydrogen-bond acceptors (Lipinski definition) is 5. The molecular formula is C17H15NO4. The summed E-state index contributed by atoms with van der Waals surface area (Å²) in [6.45, 7) is 1.78. The van der Waals surface area contributed by atoms with Gasteiger partial charge in [-0.05, 0) is 42.8 Å². The van der Waals surface area contributed by atoms with Crippen molar-refractivity contribution in [2.45, 2.75) is 6.92 Å². The Hall–Kier alpha value is -3.00. The van der Waals surface area contributed by atoms with Crippen LogP contribution in [0, 0.1) is 18.3 Å². The van der Waals surface area contributed by atoms with Crippen LogP contribution in [0.5, 0.6) is 17.2 Å². The molecule has 0 saturated heterocycles. The van der Waals surface area contributed by atoms with Gasteiger partial charge in [-0.25, -0.2) is 4.79 Å². The van der Waals surface area contributed by atoms with Gasteiger partial charge < -0.3 is 14.2 Å². The van der Waals surface area contributed by atoms with Crippen molar-refractivity contribution < 1.29 is 19.0 Å². The topological polar surface area (TPSA) is 68.5 Å². The minimum absolute atomic E-state index is 0.340. The standard InChI is InChI=1S/C17H15NO4/c1-11-8-14(20-2)9-15(21-3)16(11)17(19)22-13-6-4-12(10-18)5-7-13/h4-9H,1-3H3. The van der Waals surface area contributed by atoms with E-state index in [1.807, 2.05) is 6.07 Å². The molecule has 0 saturated carbocycles. The molecule has 0 aliphatic rings. The van der Waals surface area contributed by atoms with E-state index in [9.17, 15) is 4.79 Å². The van der Waals surface area contributed by atoms with Crippen molar-refractivity contribution in [2.75, 3.05) is 14.2 Å². The lowest BCUT2D eigenvalue weighted by molar-refractivity contribution is 0.0730. The van der Waals surface area contributed by atoms with Gasteiger partial charge in [0.1, 0.15) is 22.8 Å². The first-order valence-corrected chi connectivity index (χ1v) is 6.54. The lowest BCUT2D eigenvalue weighted by atomic mass is 10.1. The highest BCUT2D eigenvalue weighted by Crippen LogP contribution is 2.29. The molecule has 2 rings (SSSR count). The first-order chi connectivity index (χ1) is 10.6. The lowest BCUT2D eigenvalue weighted by Gasteiger charge is -2.13. The number of nitrogens with zero attached hydrogens (tertiary/aromatic N) is 1. The van der Waals surface area contributed by atoms with Gasteiger partial charge in [-0.3, -0.25) is 0 Å². The van der Waals surface area contributed by atoms with E-state index in [4.69, 9.17) is 19.5 Å². The van der Waals surface area contributed by atoms with Gasteiger partial charge >= 0.3 is 5.97 Å². The molecular weight excluding hydrogens is 282 g/mol. The van der Waals surface area contributed by atoms with Crippen molar-refractivity contribution in [3.05, 3.63) is 53.1 Å². The Balaban J connectivity index is 2.30. The minimum atomic E-state index is -0.526. The Morgan fingerprint density at radius 1 is 1.05 bits per heavy atom. The van der Waals surface area contributed by atoms with Crippen LogP contribution in [0.2, 0.25) is 0 Å². The van der Waals surface area contributed by atoms with Crippen molar-refractivity contribution in [1.29, 1.82) is 5.26 Å². The number of carbonyl (C=O) groups is 1. The zero-order chi connectivity index (χ0) is 16.1. The van der Waals surface area contributed by atoms with E-state index in [0.717, 1.165) is 0 Å². The monoisotopic (exact) mass is 297 g/mol. The molecule has 0 heterocycles. The van der Waals surface area contributed by atoms with E-state index in [1.165, 1.54) is 7.11 Å². The number of aryl methyl sites for hydroxylation is 1. The van der Waals surface area contributed by atoms with Crippen LogP contribution in [0.4, 0.5) is 0 Å². The average molecular weight is 297 g/mol. The summed E-state index contributed by atoms with van der Waals surface area (Å²) < 4.78 is 15.7. The Morgan fingerprint density at radius 2 is 1.73 bits per heavy atom. The number of carbonyl (C=O) groups excluding carboxylic acids is 1. The van der Waals surface area contributed by atoms with Gasteiger partial charge in [-0.1, -0.05) is 0 Å². The van der Waals surface area contributed by atoms with E-state index in [0.29, 0.717) is 33.9 Å². The second-order valence-electron chi connectivity index (χ2n) is 4.55. The Labute approximate surface area is 128 Å². The number of ether oxygens (including phenoxy) is 3. The Bertz CT molecular complexity index is 730. The molecule has 5 heteroatoms. The van der Waals surface area contributed by atoms with E-state index in [2.05, 4.69) is 0 Å². The smallest absolute Gasteiger partial charge is 0.347 e. The molecule has 0 bridgehead atoms. The predicted molar refractivity (Wildman–Crippen MR) is 80.4 cm³/mol. The molecule has 0 amide bonds. The van der Waals surface area contributed by atoms with Crippen molar-refractivity contribution >= 4 is 5.97 Å². The number of nitriles is 1. The summed E-state index contributed by atoms with van der Waals surface area (Å²) in [5.41, 5.74) is 1.53. The maximum atomic E-state index is 12.4. The molecule has 112 valence electrons. The number of methoxy groups -OCH3 is 2. The van der Waals surface area contributed by atoms with Crippen molar-refractivity contribution in [3.63, 3.8) is 0 Å². The highest BCUT2D eigenvalue weighted by Gasteiger charge is 2.19. The van der Waals surface area contributed by atoms with Crippen LogP contribution in [0.15, 0.2) is 36.4 Å². The van der Waals surface area contributed by atoms with Gasteiger partial charge in [0.15, 0.2) is 0 Å². The largest absolute Gasteiger partial charge is 0.497 e. The van der Waals surface area contributed by atoms with Gasteiger partial charge in [-0.2, -0.15) is 5.26 Å². The molecule has 0 unspecified atom stereocenters. The minimum Gasteiger partial charge on any atom is -0.497 e. The summed E-state index contributed by atoms with van der Waals surface area (Å²) in [5, 5.41) is 8.76. The van der Waals surface area contributed by atoms with Gasteiger partial charge in [0.25, 0.3) is 0 Å². The van der Waals surface area contributed by atoms with Gasteiger partial charge in [0.2, 0.25) is 0 Å². The summed E-state index contributed by atoms with van der Waals surface area (Å²) >= 11 is 0. The summed E-state index contributed by atoms with van der Waals surface area (Å²) in [4.78, 5) is 12.4.